The molecule has 0 saturated carbocycles. The summed E-state index contributed by atoms with van der Waals surface area (Å²) >= 11 is 1.92. The highest BCUT2D eigenvalue weighted by atomic mass is 32.2. The van der Waals surface area contributed by atoms with Crippen LogP contribution in [0.3, 0.4) is 0 Å². The van der Waals surface area contributed by atoms with Crippen molar-refractivity contribution in [3.8, 4) is 0 Å². The van der Waals surface area contributed by atoms with E-state index in [2.05, 4.69) is 5.32 Å². The molecule has 1 unspecified atom stereocenters. The van der Waals surface area contributed by atoms with Gasteiger partial charge in [-0.25, -0.2) is 4.79 Å². The molecule has 1 aliphatic heterocycles. The Morgan fingerprint density at radius 1 is 1.67 bits per heavy atom. The van der Waals surface area contributed by atoms with E-state index < -0.39 is 5.97 Å². The number of carboxylic acid groups (broad SMARTS) is 1. The van der Waals surface area contributed by atoms with Crippen LogP contribution in [0.15, 0.2) is 12.3 Å². The van der Waals surface area contributed by atoms with Crippen LogP contribution in [0.4, 0.5) is 0 Å². The Morgan fingerprint density at radius 2 is 2.50 bits per heavy atom. The number of aliphatic carboxylic acids is 1. The number of thioether (sulfide) groups is 1. The van der Waals surface area contributed by atoms with Crippen molar-refractivity contribution in [2.24, 2.45) is 0 Å². The summed E-state index contributed by atoms with van der Waals surface area (Å²) in [5, 5.41) is 11.4. The molecular formula is C8H13NO2S. The van der Waals surface area contributed by atoms with Gasteiger partial charge in [0.25, 0.3) is 0 Å². The van der Waals surface area contributed by atoms with Crippen molar-refractivity contribution in [3.63, 3.8) is 0 Å². The number of nitrogens with one attached hydrogen (secondary N) is 1. The minimum Gasteiger partial charge on any atom is -0.478 e. The molecule has 0 aromatic rings. The molecular weight excluding hydrogens is 174 g/mol. The zero-order valence-electron chi connectivity index (χ0n) is 6.82. The van der Waals surface area contributed by atoms with Crippen LogP contribution in [0.25, 0.3) is 0 Å². The first kappa shape index (κ1) is 9.45. The molecule has 0 bridgehead atoms. The molecule has 1 fully saturated rings. The Bertz CT molecular complexity index is 176. The number of rotatable bonds is 3. The third-order valence-corrected chi connectivity index (χ3v) is 2.93. The van der Waals surface area contributed by atoms with Gasteiger partial charge in [0.15, 0.2) is 0 Å². The highest BCUT2D eigenvalue weighted by molar-refractivity contribution is 7.99. The molecule has 68 valence electrons. The van der Waals surface area contributed by atoms with Gasteiger partial charge in [0.2, 0.25) is 0 Å². The molecule has 0 radical (unpaired) electrons. The molecule has 1 heterocycles. The Hall–Kier alpha value is -0.640. The molecule has 0 aliphatic carbocycles. The predicted molar refractivity (Wildman–Crippen MR) is 50.3 cm³/mol. The zero-order valence-corrected chi connectivity index (χ0v) is 7.64. The van der Waals surface area contributed by atoms with E-state index in [0.717, 1.165) is 18.2 Å². The van der Waals surface area contributed by atoms with Crippen molar-refractivity contribution in [1.82, 2.24) is 5.32 Å². The van der Waals surface area contributed by atoms with E-state index in [1.165, 1.54) is 18.4 Å². The van der Waals surface area contributed by atoms with Crippen LogP contribution >= 0.6 is 11.8 Å². The van der Waals surface area contributed by atoms with Crippen molar-refractivity contribution in [2.75, 3.05) is 11.5 Å². The maximum absolute atomic E-state index is 10.1. The molecule has 1 saturated heterocycles. The fraction of sp³-hybridized carbons (Fsp3) is 0.625. The normalized spacial score (nSPS) is 24.2. The van der Waals surface area contributed by atoms with Gasteiger partial charge < -0.3 is 10.4 Å². The lowest BCUT2D eigenvalue weighted by Crippen LogP contribution is -2.29. The quantitative estimate of drug-likeness (QED) is 0.649. The molecule has 3 nitrogen and oxygen atoms in total. The average Bonchev–Trinajstić information content (AvgIpc) is 2.05. The van der Waals surface area contributed by atoms with E-state index in [4.69, 9.17) is 5.11 Å². The first-order valence-corrected chi connectivity index (χ1v) is 5.18. The van der Waals surface area contributed by atoms with Gasteiger partial charge in [-0.3, -0.25) is 0 Å². The lowest BCUT2D eigenvalue weighted by atomic mass is 10.2. The molecule has 0 spiro atoms. The summed E-state index contributed by atoms with van der Waals surface area (Å²) in [6, 6.07) is 0.458. The smallest absolute Gasteiger partial charge is 0.329 e. The summed E-state index contributed by atoms with van der Waals surface area (Å²) in [6.45, 7) is 0. The van der Waals surface area contributed by atoms with E-state index in [-0.39, 0.29) is 0 Å². The second-order valence-electron chi connectivity index (χ2n) is 2.75. The molecule has 1 aliphatic rings. The Labute approximate surface area is 76.2 Å². The minimum absolute atomic E-state index is 0.458. The van der Waals surface area contributed by atoms with Gasteiger partial charge in [-0.2, -0.15) is 11.8 Å². The Balaban J connectivity index is 2.17. The van der Waals surface area contributed by atoms with Crippen LogP contribution in [0.5, 0.6) is 0 Å². The van der Waals surface area contributed by atoms with Gasteiger partial charge >= 0.3 is 5.97 Å². The second kappa shape index (κ2) is 5.09. The van der Waals surface area contributed by atoms with Crippen molar-refractivity contribution in [1.29, 1.82) is 0 Å². The van der Waals surface area contributed by atoms with Gasteiger partial charge in [0, 0.05) is 24.1 Å². The molecule has 1 atom stereocenters. The molecule has 0 aromatic carbocycles. The number of carboxylic acids is 1. The van der Waals surface area contributed by atoms with Gasteiger partial charge in [0.05, 0.1) is 0 Å². The molecule has 4 heteroatoms. The molecule has 12 heavy (non-hydrogen) atoms. The minimum atomic E-state index is -0.897. The summed E-state index contributed by atoms with van der Waals surface area (Å²) in [6.07, 6.45) is 5.04. The summed E-state index contributed by atoms with van der Waals surface area (Å²) in [4.78, 5) is 10.1. The summed E-state index contributed by atoms with van der Waals surface area (Å²) in [5.41, 5.74) is 0. The van der Waals surface area contributed by atoms with E-state index in [1.807, 2.05) is 11.8 Å². The third kappa shape index (κ3) is 3.67. The van der Waals surface area contributed by atoms with Crippen LogP contribution in [0.1, 0.15) is 12.8 Å². The first-order chi connectivity index (χ1) is 5.79. The van der Waals surface area contributed by atoms with Gasteiger partial charge in [-0.05, 0) is 18.6 Å². The third-order valence-electron chi connectivity index (χ3n) is 1.72. The van der Waals surface area contributed by atoms with Crippen molar-refractivity contribution in [2.45, 2.75) is 18.9 Å². The molecule has 0 amide bonds. The van der Waals surface area contributed by atoms with Crippen LogP contribution in [0.2, 0.25) is 0 Å². The number of hydrogen-bond donors (Lipinski definition) is 2. The monoisotopic (exact) mass is 187 g/mol. The number of hydrogen-bond acceptors (Lipinski definition) is 3. The Morgan fingerprint density at radius 3 is 3.08 bits per heavy atom. The predicted octanol–water partition coefficient (Wildman–Crippen LogP) is 1.07. The fourth-order valence-electron chi connectivity index (χ4n) is 1.13. The van der Waals surface area contributed by atoms with Crippen LogP contribution in [-0.4, -0.2) is 28.6 Å². The lowest BCUT2D eigenvalue weighted by molar-refractivity contribution is -0.131. The maximum Gasteiger partial charge on any atom is 0.329 e. The molecule has 2 N–H and O–H groups in total. The van der Waals surface area contributed by atoms with Crippen LogP contribution < -0.4 is 5.32 Å². The van der Waals surface area contributed by atoms with Crippen LogP contribution in [0, 0.1) is 0 Å². The fourth-order valence-corrected chi connectivity index (χ4v) is 2.21. The first-order valence-electron chi connectivity index (χ1n) is 4.02. The molecule has 0 aromatic heterocycles. The highest BCUT2D eigenvalue weighted by Crippen LogP contribution is 2.16. The molecule has 1 rings (SSSR count). The SMILES string of the molecule is O=C(O)/C=C/NC1CCCSC1. The van der Waals surface area contributed by atoms with Crippen LogP contribution in [-0.2, 0) is 4.79 Å². The van der Waals surface area contributed by atoms with E-state index in [1.54, 1.807) is 0 Å². The van der Waals surface area contributed by atoms with Gasteiger partial charge in [0.1, 0.15) is 0 Å². The summed E-state index contributed by atoms with van der Waals surface area (Å²) < 4.78 is 0. The van der Waals surface area contributed by atoms with E-state index >= 15 is 0 Å². The summed E-state index contributed by atoms with van der Waals surface area (Å²) in [7, 11) is 0. The van der Waals surface area contributed by atoms with E-state index in [9.17, 15) is 4.79 Å². The van der Waals surface area contributed by atoms with Gasteiger partial charge in [-0.15, -0.1) is 0 Å². The number of carbonyl (C=O) groups is 1. The van der Waals surface area contributed by atoms with Crippen molar-refractivity contribution in [3.05, 3.63) is 12.3 Å². The summed E-state index contributed by atoms with van der Waals surface area (Å²) in [5.74, 6) is 1.43. The lowest BCUT2D eigenvalue weighted by Gasteiger charge is -2.21. The zero-order chi connectivity index (χ0) is 8.81. The van der Waals surface area contributed by atoms with E-state index in [0.29, 0.717) is 6.04 Å². The van der Waals surface area contributed by atoms with Gasteiger partial charge in [-0.1, -0.05) is 0 Å². The maximum atomic E-state index is 10.1. The van der Waals surface area contributed by atoms with Crippen molar-refractivity contribution < 1.29 is 9.90 Å². The standard InChI is InChI=1S/C8H13NO2S/c10-8(11)3-4-9-7-2-1-5-12-6-7/h3-4,7,9H,1-2,5-6H2,(H,10,11)/b4-3+. The largest absolute Gasteiger partial charge is 0.478 e. The average molecular weight is 187 g/mol. The topological polar surface area (TPSA) is 49.3 Å². The van der Waals surface area contributed by atoms with Crippen molar-refractivity contribution >= 4 is 17.7 Å². The highest BCUT2D eigenvalue weighted by Gasteiger charge is 2.10. The Kier molecular flexibility index (Phi) is 4.00. The second-order valence-corrected chi connectivity index (χ2v) is 3.90.